The lowest BCUT2D eigenvalue weighted by molar-refractivity contribution is -0.131. The predicted molar refractivity (Wildman–Crippen MR) is 138 cm³/mol. The maximum atomic E-state index is 12.9. The fraction of sp³-hybridized carbons (Fsp3) is 0.259. The standard InChI is InChI=1S/C27H29NO6S/c1-3-33-24(10-6-7-11-25(30)31)26(22-16-17-23(29)21-9-5-4-8-20(21)22)34-27(32)28-18-12-14-19(35-2)15-13-18/h4-5,7-9,11-17,24,26,29H,3,6,10H2,1-2H3,(H,28,32)(H,30,31)/b11-7+/t24-,26-/m1/s1. The Morgan fingerprint density at radius 3 is 2.43 bits per heavy atom. The number of carbonyl (C=O) groups excluding carboxylic acids is 1. The maximum Gasteiger partial charge on any atom is 0.412 e. The molecule has 3 aromatic rings. The van der Waals surface area contributed by atoms with E-state index in [0.717, 1.165) is 16.4 Å². The fourth-order valence-corrected chi connectivity index (χ4v) is 4.22. The van der Waals surface area contributed by atoms with E-state index in [1.807, 2.05) is 43.5 Å². The van der Waals surface area contributed by atoms with Crippen molar-refractivity contribution in [3.8, 4) is 5.75 Å². The van der Waals surface area contributed by atoms with Gasteiger partial charge in [0.2, 0.25) is 0 Å². The van der Waals surface area contributed by atoms with E-state index in [-0.39, 0.29) is 5.75 Å². The van der Waals surface area contributed by atoms with Crippen LogP contribution in [0.25, 0.3) is 10.8 Å². The number of fused-ring (bicyclic) bond motifs is 1. The van der Waals surface area contributed by atoms with Gasteiger partial charge in [0.05, 0.1) is 6.10 Å². The topological polar surface area (TPSA) is 105 Å². The molecule has 0 spiro atoms. The summed E-state index contributed by atoms with van der Waals surface area (Å²) in [6.07, 6.45) is 3.46. The number of thioether (sulfide) groups is 1. The molecule has 35 heavy (non-hydrogen) atoms. The van der Waals surface area contributed by atoms with Crippen LogP contribution in [0.4, 0.5) is 10.5 Å². The second kappa shape index (κ2) is 12.8. The normalized spacial score (nSPS) is 13.0. The Hall–Kier alpha value is -3.49. The Balaban J connectivity index is 1.93. The van der Waals surface area contributed by atoms with Crippen molar-refractivity contribution in [2.75, 3.05) is 18.2 Å². The molecule has 0 heterocycles. The number of aromatic hydroxyl groups is 1. The van der Waals surface area contributed by atoms with Gasteiger partial charge in [-0.25, -0.2) is 9.59 Å². The lowest BCUT2D eigenvalue weighted by Crippen LogP contribution is -2.29. The zero-order chi connectivity index (χ0) is 25.2. The zero-order valence-electron chi connectivity index (χ0n) is 19.6. The summed E-state index contributed by atoms with van der Waals surface area (Å²) in [5.41, 5.74) is 1.28. The number of allylic oxidation sites excluding steroid dienone is 1. The number of carbonyl (C=O) groups is 2. The molecule has 1 amide bonds. The van der Waals surface area contributed by atoms with Crippen LogP contribution in [0.2, 0.25) is 0 Å². The lowest BCUT2D eigenvalue weighted by atomic mass is 9.94. The zero-order valence-corrected chi connectivity index (χ0v) is 20.5. The first-order valence-corrected chi connectivity index (χ1v) is 12.5. The van der Waals surface area contributed by atoms with Crippen LogP contribution in [0.1, 0.15) is 31.4 Å². The number of ether oxygens (including phenoxy) is 2. The van der Waals surface area contributed by atoms with Gasteiger partial charge < -0.3 is 19.7 Å². The molecule has 0 aromatic heterocycles. The Morgan fingerprint density at radius 1 is 1.06 bits per heavy atom. The number of nitrogens with one attached hydrogen (secondary N) is 1. The largest absolute Gasteiger partial charge is 0.507 e. The van der Waals surface area contributed by atoms with E-state index in [9.17, 15) is 14.7 Å². The van der Waals surface area contributed by atoms with Gasteiger partial charge in [-0.3, -0.25) is 5.32 Å². The Kier molecular flexibility index (Phi) is 9.57. The lowest BCUT2D eigenvalue weighted by Gasteiger charge is -2.28. The molecule has 0 saturated heterocycles. The van der Waals surface area contributed by atoms with Gasteiger partial charge in [0.25, 0.3) is 0 Å². The highest BCUT2D eigenvalue weighted by molar-refractivity contribution is 7.98. The van der Waals surface area contributed by atoms with E-state index in [0.29, 0.717) is 36.1 Å². The minimum absolute atomic E-state index is 0.124. The van der Waals surface area contributed by atoms with Crippen LogP contribution in [0.3, 0.4) is 0 Å². The van der Waals surface area contributed by atoms with Crippen LogP contribution in [0, 0.1) is 0 Å². The third kappa shape index (κ3) is 7.24. The number of hydrogen-bond acceptors (Lipinski definition) is 6. The third-order valence-corrected chi connectivity index (χ3v) is 6.15. The van der Waals surface area contributed by atoms with Gasteiger partial charge >= 0.3 is 12.1 Å². The Bertz CT molecular complexity index is 1180. The molecule has 0 aliphatic rings. The fourth-order valence-electron chi connectivity index (χ4n) is 3.81. The molecule has 0 bridgehead atoms. The summed E-state index contributed by atoms with van der Waals surface area (Å²) in [7, 11) is 0. The first kappa shape index (κ1) is 26.1. The van der Waals surface area contributed by atoms with Gasteiger partial charge in [0.1, 0.15) is 5.75 Å². The summed E-state index contributed by atoms with van der Waals surface area (Å²) in [4.78, 5) is 24.9. The molecule has 3 aromatic carbocycles. The number of rotatable bonds is 11. The van der Waals surface area contributed by atoms with Gasteiger partial charge in [-0.15, -0.1) is 11.8 Å². The average Bonchev–Trinajstić information content (AvgIpc) is 2.85. The van der Waals surface area contributed by atoms with Crippen LogP contribution in [-0.2, 0) is 14.3 Å². The second-order valence-electron chi connectivity index (χ2n) is 7.71. The molecular weight excluding hydrogens is 466 g/mol. The molecular formula is C27H29NO6S. The van der Waals surface area contributed by atoms with Crippen molar-refractivity contribution in [2.24, 2.45) is 0 Å². The van der Waals surface area contributed by atoms with Crippen LogP contribution in [0.5, 0.6) is 5.75 Å². The number of phenols is 1. The molecule has 3 N–H and O–H groups in total. The van der Waals surface area contributed by atoms with Crippen LogP contribution < -0.4 is 5.32 Å². The van der Waals surface area contributed by atoms with E-state index in [4.69, 9.17) is 14.6 Å². The first-order valence-electron chi connectivity index (χ1n) is 11.3. The summed E-state index contributed by atoms with van der Waals surface area (Å²) in [5, 5.41) is 23.4. The summed E-state index contributed by atoms with van der Waals surface area (Å²) < 4.78 is 11.9. The second-order valence-corrected chi connectivity index (χ2v) is 8.59. The van der Waals surface area contributed by atoms with Crippen LogP contribution >= 0.6 is 11.8 Å². The van der Waals surface area contributed by atoms with Gasteiger partial charge in [0.15, 0.2) is 6.10 Å². The number of anilines is 1. The number of hydrogen-bond donors (Lipinski definition) is 3. The summed E-state index contributed by atoms with van der Waals surface area (Å²) in [6.45, 7) is 2.22. The molecule has 0 aliphatic heterocycles. The third-order valence-electron chi connectivity index (χ3n) is 5.41. The van der Waals surface area contributed by atoms with Crippen molar-refractivity contribution in [3.05, 3.63) is 78.4 Å². The number of carboxylic acid groups (broad SMARTS) is 1. The Morgan fingerprint density at radius 2 is 1.77 bits per heavy atom. The molecule has 0 radical (unpaired) electrons. The van der Waals surface area contributed by atoms with Crippen molar-refractivity contribution in [1.82, 2.24) is 0 Å². The average molecular weight is 496 g/mol. The first-order chi connectivity index (χ1) is 16.9. The van der Waals surface area contributed by atoms with Crippen molar-refractivity contribution in [2.45, 2.75) is 36.9 Å². The van der Waals surface area contributed by atoms with Gasteiger partial charge in [-0.1, -0.05) is 36.4 Å². The van der Waals surface area contributed by atoms with E-state index >= 15 is 0 Å². The highest BCUT2D eigenvalue weighted by Gasteiger charge is 2.29. The van der Waals surface area contributed by atoms with E-state index in [2.05, 4.69) is 5.32 Å². The minimum atomic E-state index is -1.03. The van der Waals surface area contributed by atoms with Crippen LogP contribution in [-0.4, -0.2) is 41.2 Å². The maximum absolute atomic E-state index is 12.9. The monoisotopic (exact) mass is 495 g/mol. The van der Waals surface area contributed by atoms with Gasteiger partial charge in [-0.2, -0.15) is 0 Å². The molecule has 0 unspecified atom stereocenters. The number of aliphatic carboxylic acids is 1. The van der Waals surface area contributed by atoms with Crippen molar-refractivity contribution in [1.29, 1.82) is 0 Å². The number of amides is 1. The number of carboxylic acids is 1. The minimum Gasteiger partial charge on any atom is -0.507 e. The molecule has 184 valence electrons. The van der Waals surface area contributed by atoms with E-state index in [1.54, 1.807) is 48.2 Å². The smallest absolute Gasteiger partial charge is 0.412 e. The SMILES string of the molecule is CCO[C@H](CC/C=C/C(=O)O)[C@H](OC(=O)Nc1ccc(SC)cc1)c1ccc(O)c2ccccc12. The van der Waals surface area contributed by atoms with Crippen molar-refractivity contribution >= 4 is 40.3 Å². The molecule has 2 atom stereocenters. The quantitative estimate of drug-likeness (QED) is 0.209. The number of phenolic OH excluding ortho intramolecular Hbond substituents is 1. The predicted octanol–water partition coefficient (Wildman–Crippen LogP) is 6.38. The summed E-state index contributed by atoms with van der Waals surface area (Å²) >= 11 is 1.60. The summed E-state index contributed by atoms with van der Waals surface area (Å²) in [5.74, 6) is -0.902. The molecule has 0 saturated carbocycles. The van der Waals surface area contributed by atoms with Gasteiger partial charge in [-0.05, 0) is 61.7 Å². The molecule has 0 fully saturated rings. The van der Waals surface area contributed by atoms with Crippen molar-refractivity contribution < 1.29 is 29.3 Å². The van der Waals surface area contributed by atoms with Gasteiger partial charge in [0, 0.05) is 34.2 Å². The van der Waals surface area contributed by atoms with Crippen molar-refractivity contribution in [3.63, 3.8) is 0 Å². The summed E-state index contributed by atoms with van der Waals surface area (Å²) in [6, 6.07) is 18.0. The van der Waals surface area contributed by atoms with E-state index in [1.165, 1.54) is 0 Å². The molecule has 3 rings (SSSR count). The number of benzene rings is 3. The Labute approximate surface area is 208 Å². The van der Waals surface area contributed by atoms with Crippen LogP contribution in [0.15, 0.2) is 77.7 Å². The molecule has 7 nitrogen and oxygen atoms in total. The van der Waals surface area contributed by atoms with E-state index < -0.39 is 24.3 Å². The highest BCUT2D eigenvalue weighted by atomic mass is 32.2. The highest BCUT2D eigenvalue weighted by Crippen LogP contribution is 2.36. The molecule has 0 aliphatic carbocycles. The molecule has 8 heteroatoms.